The maximum Gasteiger partial charge on any atom is 0.339 e. The summed E-state index contributed by atoms with van der Waals surface area (Å²) >= 11 is 2.14. The number of benzene rings is 3. The molecule has 3 rings (SSSR count). The Morgan fingerprint density at radius 3 is 2.19 bits per heavy atom. The lowest BCUT2D eigenvalue weighted by Gasteiger charge is -2.11. The first-order valence-corrected chi connectivity index (χ1v) is 10.4. The largest absolute Gasteiger partial charge is 0.489 e. The molecule has 0 atom stereocenters. The fourth-order valence-electron chi connectivity index (χ4n) is 2.40. The SMILES string of the molecule is Cc1cc(I)ccc1S(=O)(=O)Oc1ccc(OCc2ccccc2)cc1. The Morgan fingerprint density at radius 1 is 0.885 bits per heavy atom. The summed E-state index contributed by atoms with van der Waals surface area (Å²) in [6, 6.07) is 21.5. The Morgan fingerprint density at radius 2 is 1.54 bits per heavy atom. The van der Waals surface area contributed by atoms with Gasteiger partial charge in [0, 0.05) is 3.57 Å². The van der Waals surface area contributed by atoms with Gasteiger partial charge in [-0.2, -0.15) is 8.42 Å². The van der Waals surface area contributed by atoms with Crippen molar-refractivity contribution in [2.45, 2.75) is 18.4 Å². The van der Waals surface area contributed by atoms with E-state index in [1.165, 1.54) is 0 Å². The molecule has 0 saturated carbocycles. The van der Waals surface area contributed by atoms with Crippen molar-refractivity contribution in [2.75, 3.05) is 0 Å². The lowest BCUT2D eigenvalue weighted by molar-refractivity contribution is 0.306. The maximum absolute atomic E-state index is 12.5. The Labute approximate surface area is 167 Å². The van der Waals surface area contributed by atoms with Gasteiger partial charge in [0.2, 0.25) is 0 Å². The van der Waals surface area contributed by atoms with Crippen molar-refractivity contribution in [3.8, 4) is 11.5 Å². The lowest BCUT2D eigenvalue weighted by Crippen LogP contribution is -2.11. The molecule has 0 aliphatic heterocycles. The molecule has 0 amide bonds. The van der Waals surface area contributed by atoms with Gasteiger partial charge < -0.3 is 8.92 Å². The minimum atomic E-state index is -3.87. The molecule has 4 nitrogen and oxygen atoms in total. The number of rotatable bonds is 6. The molecule has 0 fully saturated rings. The van der Waals surface area contributed by atoms with Crippen LogP contribution in [0.4, 0.5) is 0 Å². The van der Waals surface area contributed by atoms with Crippen molar-refractivity contribution in [3.05, 3.63) is 87.5 Å². The number of hydrogen-bond acceptors (Lipinski definition) is 4. The summed E-state index contributed by atoms with van der Waals surface area (Å²) in [7, 11) is -3.87. The van der Waals surface area contributed by atoms with E-state index in [9.17, 15) is 8.42 Å². The van der Waals surface area contributed by atoms with Gasteiger partial charge in [0.15, 0.2) is 0 Å². The topological polar surface area (TPSA) is 52.6 Å². The highest BCUT2D eigenvalue weighted by Crippen LogP contribution is 2.24. The van der Waals surface area contributed by atoms with Crippen LogP contribution in [0, 0.1) is 10.5 Å². The second-order valence-corrected chi connectivity index (χ2v) is 8.45. The predicted octanol–water partition coefficient (Wildman–Crippen LogP) is 4.95. The highest BCUT2D eigenvalue weighted by atomic mass is 127. The first-order chi connectivity index (χ1) is 12.4. The van der Waals surface area contributed by atoms with E-state index in [2.05, 4.69) is 22.6 Å². The Kier molecular flexibility index (Phi) is 5.83. The van der Waals surface area contributed by atoms with Gasteiger partial charge in [0.25, 0.3) is 0 Å². The van der Waals surface area contributed by atoms with Crippen LogP contribution in [0.15, 0.2) is 77.7 Å². The quantitative estimate of drug-likeness (QED) is 0.370. The molecular weight excluding hydrogens is 463 g/mol. The molecule has 0 unspecified atom stereocenters. The number of hydrogen-bond donors (Lipinski definition) is 0. The smallest absolute Gasteiger partial charge is 0.339 e. The molecule has 0 aromatic heterocycles. The van der Waals surface area contributed by atoms with Gasteiger partial charge in [0.1, 0.15) is 23.0 Å². The van der Waals surface area contributed by atoms with Crippen LogP contribution in [-0.2, 0) is 16.7 Å². The minimum absolute atomic E-state index is 0.169. The predicted molar refractivity (Wildman–Crippen MR) is 109 cm³/mol. The van der Waals surface area contributed by atoms with Crippen molar-refractivity contribution in [1.82, 2.24) is 0 Å². The number of aryl methyl sites for hydroxylation is 1. The van der Waals surface area contributed by atoms with Crippen LogP contribution < -0.4 is 8.92 Å². The van der Waals surface area contributed by atoms with Crippen molar-refractivity contribution in [3.63, 3.8) is 0 Å². The highest BCUT2D eigenvalue weighted by molar-refractivity contribution is 14.1. The highest BCUT2D eigenvalue weighted by Gasteiger charge is 2.19. The molecule has 0 radical (unpaired) electrons. The van der Waals surface area contributed by atoms with Crippen LogP contribution in [0.5, 0.6) is 11.5 Å². The van der Waals surface area contributed by atoms with Gasteiger partial charge >= 0.3 is 10.1 Å². The van der Waals surface area contributed by atoms with E-state index >= 15 is 0 Å². The van der Waals surface area contributed by atoms with E-state index in [4.69, 9.17) is 8.92 Å². The molecule has 0 spiro atoms. The lowest BCUT2D eigenvalue weighted by atomic mass is 10.2. The first kappa shape index (κ1) is 18.7. The summed E-state index contributed by atoms with van der Waals surface area (Å²) in [5.41, 5.74) is 1.71. The van der Waals surface area contributed by atoms with Crippen LogP contribution in [0.3, 0.4) is 0 Å². The summed E-state index contributed by atoms with van der Waals surface area (Å²) in [5.74, 6) is 0.888. The second-order valence-electron chi connectivity index (χ2n) is 5.69. The Balaban J connectivity index is 1.68. The molecule has 0 bridgehead atoms. The van der Waals surface area contributed by atoms with Crippen LogP contribution in [-0.4, -0.2) is 8.42 Å². The van der Waals surface area contributed by atoms with Gasteiger partial charge in [-0.3, -0.25) is 0 Å². The zero-order valence-corrected chi connectivity index (χ0v) is 17.0. The average Bonchev–Trinajstić information content (AvgIpc) is 2.61. The van der Waals surface area contributed by atoms with Gasteiger partial charge in [-0.05, 0) is 83.1 Å². The molecule has 0 N–H and O–H groups in total. The van der Waals surface area contributed by atoms with E-state index in [1.54, 1.807) is 49.4 Å². The summed E-state index contributed by atoms with van der Waals surface area (Å²) in [5, 5.41) is 0. The third-order valence-corrected chi connectivity index (χ3v) is 5.76. The Bertz CT molecular complexity index is 984. The van der Waals surface area contributed by atoms with Gasteiger partial charge in [-0.25, -0.2) is 0 Å². The third kappa shape index (κ3) is 4.76. The molecule has 0 saturated heterocycles. The van der Waals surface area contributed by atoms with Gasteiger partial charge in [0.05, 0.1) is 0 Å². The summed E-state index contributed by atoms with van der Waals surface area (Å²) in [6.07, 6.45) is 0. The van der Waals surface area contributed by atoms with Gasteiger partial charge in [-0.15, -0.1) is 0 Å². The van der Waals surface area contributed by atoms with E-state index < -0.39 is 10.1 Å². The zero-order chi connectivity index (χ0) is 18.6. The van der Waals surface area contributed by atoms with Gasteiger partial charge in [-0.1, -0.05) is 30.3 Å². The second kappa shape index (κ2) is 8.09. The minimum Gasteiger partial charge on any atom is -0.489 e. The first-order valence-electron chi connectivity index (χ1n) is 7.91. The summed E-state index contributed by atoms with van der Waals surface area (Å²) in [6.45, 7) is 2.19. The molecule has 0 heterocycles. The number of halogens is 1. The van der Waals surface area contributed by atoms with Crippen molar-refractivity contribution in [2.24, 2.45) is 0 Å². The number of ether oxygens (including phenoxy) is 1. The molecule has 6 heteroatoms. The molecule has 3 aromatic carbocycles. The zero-order valence-electron chi connectivity index (χ0n) is 14.1. The maximum atomic E-state index is 12.5. The fourth-order valence-corrected chi connectivity index (χ4v) is 4.19. The van der Waals surface area contributed by atoms with Crippen LogP contribution >= 0.6 is 22.6 Å². The van der Waals surface area contributed by atoms with Crippen LogP contribution in [0.1, 0.15) is 11.1 Å². The summed E-state index contributed by atoms with van der Waals surface area (Å²) < 4.78 is 36.8. The van der Waals surface area contributed by atoms with Crippen LogP contribution in [0.25, 0.3) is 0 Å². The standard InChI is InChI=1S/C20H17IO4S/c1-15-13-17(21)7-12-20(15)26(22,23)25-19-10-8-18(9-11-19)24-14-16-5-3-2-4-6-16/h2-13H,14H2,1H3. The van der Waals surface area contributed by atoms with Crippen molar-refractivity contribution < 1.29 is 17.3 Å². The van der Waals surface area contributed by atoms with Crippen LogP contribution in [0.2, 0.25) is 0 Å². The molecule has 0 aliphatic rings. The molecule has 0 aliphatic carbocycles. The van der Waals surface area contributed by atoms with E-state index in [0.717, 1.165) is 9.13 Å². The summed E-state index contributed by atoms with van der Waals surface area (Å²) in [4.78, 5) is 0.169. The monoisotopic (exact) mass is 480 g/mol. The fraction of sp³-hybridized carbons (Fsp3) is 0.100. The van der Waals surface area contributed by atoms with E-state index in [-0.39, 0.29) is 10.6 Å². The average molecular weight is 480 g/mol. The normalized spacial score (nSPS) is 11.2. The molecule has 3 aromatic rings. The Hall–Kier alpha value is -2.06. The van der Waals surface area contributed by atoms with E-state index in [1.807, 2.05) is 30.3 Å². The molecular formula is C20H17IO4S. The van der Waals surface area contributed by atoms with E-state index in [0.29, 0.717) is 17.9 Å². The molecule has 26 heavy (non-hydrogen) atoms. The third-order valence-electron chi connectivity index (χ3n) is 3.68. The van der Waals surface area contributed by atoms with Crippen molar-refractivity contribution in [1.29, 1.82) is 0 Å². The van der Waals surface area contributed by atoms with Crippen molar-refractivity contribution >= 4 is 32.7 Å². The molecule has 134 valence electrons.